The SMILES string of the molecule is C=C(CCN)c1ccc(NC(C)=O)cc1. The second-order valence-corrected chi connectivity index (χ2v) is 3.40. The van der Waals surface area contributed by atoms with Crippen LogP contribution in [0, 0.1) is 0 Å². The highest BCUT2D eigenvalue weighted by molar-refractivity contribution is 5.88. The van der Waals surface area contributed by atoms with Gasteiger partial charge in [-0.05, 0) is 36.2 Å². The molecule has 0 aliphatic rings. The molecule has 1 aromatic rings. The van der Waals surface area contributed by atoms with Crippen LogP contribution in [-0.4, -0.2) is 12.5 Å². The molecule has 15 heavy (non-hydrogen) atoms. The highest BCUT2D eigenvalue weighted by Crippen LogP contribution is 2.17. The van der Waals surface area contributed by atoms with Crippen LogP contribution in [0.5, 0.6) is 0 Å². The van der Waals surface area contributed by atoms with Crippen molar-refractivity contribution in [2.45, 2.75) is 13.3 Å². The first-order valence-corrected chi connectivity index (χ1v) is 4.89. The van der Waals surface area contributed by atoms with Gasteiger partial charge in [0.1, 0.15) is 0 Å². The molecule has 0 spiro atoms. The number of carbonyl (C=O) groups is 1. The Hall–Kier alpha value is -1.61. The van der Waals surface area contributed by atoms with E-state index in [0.717, 1.165) is 23.2 Å². The topological polar surface area (TPSA) is 55.1 Å². The molecule has 0 saturated carbocycles. The molecule has 80 valence electrons. The molecule has 1 rings (SSSR count). The number of carbonyl (C=O) groups excluding carboxylic acids is 1. The Labute approximate surface area is 90.0 Å². The first kappa shape index (κ1) is 11.5. The normalized spacial score (nSPS) is 9.73. The quantitative estimate of drug-likeness (QED) is 0.788. The number of rotatable bonds is 4. The van der Waals surface area contributed by atoms with Crippen LogP contribution in [0.1, 0.15) is 18.9 Å². The van der Waals surface area contributed by atoms with Gasteiger partial charge >= 0.3 is 0 Å². The van der Waals surface area contributed by atoms with Crippen molar-refractivity contribution in [3.05, 3.63) is 36.4 Å². The van der Waals surface area contributed by atoms with E-state index < -0.39 is 0 Å². The molecule has 0 aliphatic heterocycles. The maximum atomic E-state index is 10.8. The van der Waals surface area contributed by atoms with E-state index in [1.54, 1.807) is 0 Å². The molecular weight excluding hydrogens is 188 g/mol. The third kappa shape index (κ3) is 3.56. The molecule has 0 radical (unpaired) electrons. The molecule has 3 N–H and O–H groups in total. The smallest absolute Gasteiger partial charge is 0.221 e. The van der Waals surface area contributed by atoms with Gasteiger partial charge in [-0.3, -0.25) is 4.79 Å². The summed E-state index contributed by atoms with van der Waals surface area (Å²) in [6.07, 6.45) is 0.791. The van der Waals surface area contributed by atoms with Crippen molar-refractivity contribution < 1.29 is 4.79 Å². The van der Waals surface area contributed by atoms with E-state index in [1.807, 2.05) is 24.3 Å². The first-order chi connectivity index (χ1) is 7.13. The van der Waals surface area contributed by atoms with Crippen molar-refractivity contribution in [2.75, 3.05) is 11.9 Å². The summed E-state index contributed by atoms with van der Waals surface area (Å²) in [5.74, 6) is -0.0662. The molecule has 0 fully saturated rings. The Morgan fingerprint density at radius 1 is 1.40 bits per heavy atom. The Morgan fingerprint density at radius 3 is 2.47 bits per heavy atom. The second kappa shape index (κ2) is 5.32. The average Bonchev–Trinajstić information content (AvgIpc) is 2.18. The lowest BCUT2D eigenvalue weighted by atomic mass is 10.0. The summed E-state index contributed by atoms with van der Waals surface area (Å²) in [7, 11) is 0. The third-order valence-electron chi connectivity index (χ3n) is 2.06. The predicted molar refractivity (Wildman–Crippen MR) is 63.5 cm³/mol. The number of anilines is 1. The van der Waals surface area contributed by atoms with Crippen LogP contribution in [0.25, 0.3) is 5.57 Å². The number of amides is 1. The number of benzene rings is 1. The summed E-state index contributed by atoms with van der Waals surface area (Å²) < 4.78 is 0. The van der Waals surface area contributed by atoms with Gasteiger partial charge in [0.25, 0.3) is 0 Å². The summed E-state index contributed by atoms with van der Waals surface area (Å²) in [6.45, 7) is 6.03. The fourth-order valence-corrected chi connectivity index (χ4v) is 1.31. The Kier molecular flexibility index (Phi) is 4.06. The van der Waals surface area contributed by atoms with Crippen LogP contribution in [-0.2, 0) is 4.79 Å². The molecule has 1 amide bonds. The van der Waals surface area contributed by atoms with E-state index in [2.05, 4.69) is 11.9 Å². The highest BCUT2D eigenvalue weighted by Gasteiger charge is 1.99. The molecule has 0 heterocycles. The van der Waals surface area contributed by atoms with Gasteiger partial charge in [0.15, 0.2) is 0 Å². The molecule has 0 saturated heterocycles. The second-order valence-electron chi connectivity index (χ2n) is 3.40. The van der Waals surface area contributed by atoms with Crippen molar-refractivity contribution in [1.82, 2.24) is 0 Å². The minimum absolute atomic E-state index is 0.0662. The van der Waals surface area contributed by atoms with Crippen LogP contribution >= 0.6 is 0 Å². The lowest BCUT2D eigenvalue weighted by Crippen LogP contribution is -2.05. The molecular formula is C12H16N2O. The van der Waals surface area contributed by atoms with Crippen LogP contribution < -0.4 is 11.1 Å². The Morgan fingerprint density at radius 2 is 2.00 bits per heavy atom. The number of hydrogen-bond donors (Lipinski definition) is 2. The minimum atomic E-state index is -0.0662. The summed E-state index contributed by atoms with van der Waals surface area (Å²) in [5, 5.41) is 2.71. The molecule has 0 unspecified atom stereocenters. The van der Waals surface area contributed by atoms with Gasteiger partial charge < -0.3 is 11.1 Å². The van der Waals surface area contributed by atoms with Crippen LogP contribution in [0.4, 0.5) is 5.69 Å². The van der Waals surface area contributed by atoms with E-state index in [0.29, 0.717) is 6.54 Å². The lowest BCUT2D eigenvalue weighted by molar-refractivity contribution is -0.114. The fraction of sp³-hybridized carbons (Fsp3) is 0.250. The zero-order chi connectivity index (χ0) is 11.3. The van der Waals surface area contributed by atoms with Crippen LogP contribution in [0.15, 0.2) is 30.8 Å². The number of nitrogens with two attached hydrogens (primary N) is 1. The van der Waals surface area contributed by atoms with Crippen molar-refractivity contribution >= 4 is 17.2 Å². The van der Waals surface area contributed by atoms with E-state index in [4.69, 9.17) is 5.73 Å². The van der Waals surface area contributed by atoms with E-state index in [9.17, 15) is 4.79 Å². The number of nitrogens with one attached hydrogen (secondary N) is 1. The zero-order valence-electron chi connectivity index (χ0n) is 8.92. The molecule has 0 aromatic heterocycles. The van der Waals surface area contributed by atoms with Crippen molar-refractivity contribution in [1.29, 1.82) is 0 Å². The zero-order valence-corrected chi connectivity index (χ0v) is 8.92. The van der Waals surface area contributed by atoms with Gasteiger partial charge in [-0.2, -0.15) is 0 Å². The monoisotopic (exact) mass is 204 g/mol. The number of hydrogen-bond acceptors (Lipinski definition) is 2. The van der Waals surface area contributed by atoms with Gasteiger partial charge in [0.05, 0.1) is 0 Å². The maximum Gasteiger partial charge on any atom is 0.221 e. The maximum absolute atomic E-state index is 10.8. The predicted octanol–water partition coefficient (Wildman–Crippen LogP) is 2.01. The largest absolute Gasteiger partial charge is 0.330 e. The first-order valence-electron chi connectivity index (χ1n) is 4.89. The molecule has 0 atom stereocenters. The molecule has 0 bridgehead atoms. The lowest BCUT2D eigenvalue weighted by Gasteiger charge is -2.06. The van der Waals surface area contributed by atoms with Crippen molar-refractivity contribution in [2.24, 2.45) is 5.73 Å². The van der Waals surface area contributed by atoms with Gasteiger partial charge in [0, 0.05) is 12.6 Å². The molecule has 0 aliphatic carbocycles. The van der Waals surface area contributed by atoms with Gasteiger partial charge in [-0.15, -0.1) is 0 Å². The minimum Gasteiger partial charge on any atom is -0.330 e. The van der Waals surface area contributed by atoms with E-state index in [1.165, 1.54) is 6.92 Å². The molecule has 1 aromatic carbocycles. The van der Waals surface area contributed by atoms with E-state index >= 15 is 0 Å². The standard InChI is InChI=1S/C12H16N2O/c1-9(7-8-13)11-3-5-12(6-4-11)14-10(2)15/h3-6H,1,7-8,13H2,2H3,(H,14,15). The van der Waals surface area contributed by atoms with Crippen LogP contribution in [0.3, 0.4) is 0 Å². The average molecular weight is 204 g/mol. The van der Waals surface area contributed by atoms with Gasteiger partial charge in [-0.1, -0.05) is 18.7 Å². The van der Waals surface area contributed by atoms with Gasteiger partial charge in [-0.25, -0.2) is 0 Å². The van der Waals surface area contributed by atoms with Gasteiger partial charge in [0.2, 0.25) is 5.91 Å². The van der Waals surface area contributed by atoms with Crippen molar-refractivity contribution in [3.63, 3.8) is 0 Å². The summed E-state index contributed by atoms with van der Waals surface area (Å²) in [5.41, 5.74) is 8.33. The third-order valence-corrected chi connectivity index (χ3v) is 2.06. The highest BCUT2D eigenvalue weighted by atomic mass is 16.1. The Balaban J connectivity index is 2.71. The molecule has 3 heteroatoms. The van der Waals surface area contributed by atoms with Crippen molar-refractivity contribution in [3.8, 4) is 0 Å². The summed E-state index contributed by atoms with van der Waals surface area (Å²) in [4.78, 5) is 10.8. The molecule has 3 nitrogen and oxygen atoms in total. The fourth-order valence-electron chi connectivity index (χ4n) is 1.31. The Bertz CT molecular complexity index is 354. The van der Waals surface area contributed by atoms with Crippen LogP contribution in [0.2, 0.25) is 0 Å². The summed E-state index contributed by atoms with van der Waals surface area (Å²) >= 11 is 0. The summed E-state index contributed by atoms with van der Waals surface area (Å²) in [6, 6.07) is 7.59. The van der Waals surface area contributed by atoms with E-state index in [-0.39, 0.29) is 5.91 Å².